The predicted molar refractivity (Wildman–Crippen MR) is 121 cm³/mol. The smallest absolute Gasteiger partial charge is 0.271 e. The lowest BCUT2D eigenvalue weighted by Gasteiger charge is -2.21. The van der Waals surface area contributed by atoms with E-state index in [0.717, 1.165) is 15.4 Å². The lowest BCUT2D eigenvalue weighted by Crippen LogP contribution is -2.35. The fourth-order valence-electron chi connectivity index (χ4n) is 2.87. The Morgan fingerprint density at radius 3 is 1.84 bits per heavy atom. The average Bonchev–Trinajstić information content (AvgIpc) is 2.79. The number of aryl methyl sites for hydroxylation is 1. The molecule has 1 amide bonds. The SMILES string of the molecule is COc1ccc(C=CC(=O)N(c2ccc(OC)cc2)S(=O)(=O)c2ccc(C)cc2)cc1. The number of nitrogens with zero attached hydrogens (tertiary/aromatic N) is 1. The summed E-state index contributed by atoms with van der Waals surface area (Å²) in [6, 6.07) is 19.7. The van der Waals surface area contributed by atoms with Gasteiger partial charge in [-0.1, -0.05) is 29.8 Å². The summed E-state index contributed by atoms with van der Waals surface area (Å²) in [6.07, 6.45) is 2.79. The van der Waals surface area contributed by atoms with E-state index in [1.807, 2.05) is 6.92 Å². The van der Waals surface area contributed by atoms with E-state index in [0.29, 0.717) is 11.5 Å². The van der Waals surface area contributed by atoms with Crippen molar-refractivity contribution < 1.29 is 22.7 Å². The molecule has 0 bridgehead atoms. The van der Waals surface area contributed by atoms with Gasteiger partial charge in [-0.25, -0.2) is 8.42 Å². The monoisotopic (exact) mass is 437 g/mol. The van der Waals surface area contributed by atoms with Crippen LogP contribution in [0, 0.1) is 6.92 Å². The molecule has 0 atom stereocenters. The average molecular weight is 438 g/mol. The van der Waals surface area contributed by atoms with Crippen LogP contribution in [0.25, 0.3) is 6.08 Å². The Balaban J connectivity index is 2.00. The summed E-state index contributed by atoms with van der Waals surface area (Å²) in [5, 5.41) is 0. The van der Waals surface area contributed by atoms with Crippen LogP contribution in [0.15, 0.2) is 83.8 Å². The Morgan fingerprint density at radius 1 is 0.806 bits per heavy atom. The fourth-order valence-corrected chi connectivity index (χ4v) is 4.26. The van der Waals surface area contributed by atoms with Gasteiger partial charge < -0.3 is 9.47 Å². The number of hydrogen-bond acceptors (Lipinski definition) is 5. The molecular weight excluding hydrogens is 414 g/mol. The molecule has 3 rings (SSSR count). The molecule has 0 saturated carbocycles. The molecule has 6 nitrogen and oxygen atoms in total. The van der Waals surface area contributed by atoms with Crippen LogP contribution in [-0.2, 0) is 14.8 Å². The first kappa shape index (κ1) is 22.1. The van der Waals surface area contributed by atoms with Crippen molar-refractivity contribution >= 4 is 27.7 Å². The number of amides is 1. The van der Waals surface area contributed by atoms with E-state index in [2.05, 4.69) is 0 Å². The van der Waals surface area contributed by atoms with E-state index in [1.54, 1.807) is 61.7 Å². The molecule has 160 valence electrons. The van der Waals surface area contributed by atoms with Gasteiger partial charge in [0, 0.05) is 6.08 Å². The van der Waals surface area contributed by atoms with E-state index < -0.39 is 15.9 Å². The third-order valence-electron chi connectivity index (χ3n) is 4.60. The summed E-state index contributed by atoms with van der Waals surface area (Å²) in [4.78, 5) is 13.1. The van der Waals surface area contributed by atoms with Crippen LogP contribution >= 0.6 is 0 Å². The van der Waals surface area contributed by atoms with Gasteiger partial charge in [-0.15, -0.1) is 0 Å². The molecule has 0 radical (unpaired) electrons. The number of rotatable bonds is 7. The third kappa shape index (κ3) is 5.13. The molecule has 3 aromatic carbocycles. The van der Waals surface area contributed by atoms with Crippen molar-refractivity contribution in [3.63, 3.8) is 0 Å². The van der Waals surface area contributed by atoms with Crippen LogP contribution < -0.4 is 13.8 Å². The molecule has 0 aliphatic carbocycles. The number of hydrogen-bond donors (Lipinski definition) is 0. The number of carbonyl (C=O) groups is 1. The third-order valence-corrected chi connectivity index (χ3v) is 6.34. The van der Waals surface area contributed by atoms with Crippen LogP contribution in [0.4, 0.5) is 5.69 Å². The van der Waals surface area contributed by atoms with Gasteiger partial charge in [0.25, 0.3) is 15.9 Å². The molecule has 0 aliphatic rings. The molecule has 0 spiro atoms. The summed E-state index contributed by atoms with van der Waals surface area (Å²) < 4.78 is 37.8. The van der Waals surface area contributed by atoms with Gasteiger partial charge in [-0.05, 0) is 67.1 Å². The van der Waals surface area contributed by atoms with Gasteiger partial charge in [0.05, 0.1) is 24.8 Å². The maximum Gasteiger partial charge on any atom is 0.271 e. The number of ether oxygens (including phenoxy) is 2. The normalized spacial score (nSPS) is 11.3. The molecule has 0 N–H and O–H groups in total. The zero-order chi connectivity index (χ0) is 22.4. The molecule has 31 heavy (non-hydrogen) atoms. The minimum atomic E-state index is -4.13. The minimum absolute atomic E-state index is 0.0279. The first-order valence-corrected chi connectivity index (χ1v) is 10.9. The van der Waals surface area contributed by atoms with E-state index >= 15 is 0 Å². The Labute approximate surface area is 182 Å². The van der Waals surface area contributed by atoms with Gasteiger partial charge in [-0.3, -0.25) is 4.79 Å². The van der Waals surface area contributed by atoms with Crippen molar-refractivity contribution in [2.45, 2.75) is 11.8 Å². The first-order valence-electron chi connectivity index (χ1n) is 9.47. The van der Waals surface area contributed by atoms with Crippen LogP contribution in [0.3, 0.4) is 0 Å². The van der Waals surface area contributed by atoms with Crippen LogP contribution in [0.2, 0.25) is 0 Å². The fraction of sp³-hybridized carbons (Fsp3) is 0.125. The predicted octanol–water partition coefficient (Wildman–Crippen LogP) is 4.45. The van der Waals surface area contributed by atoms with Gasteiger partial charge in [0.2, 0.25) is 0 Å². The van der Waals surface area contributed by atoms with Crippen LogP contribution in [0.5, 0.6) is 11.5 Å². The van der Waals surface area contributed by atoms with Crippen molar-refractivity contribution in [1.29, 1.82) is 0 Å². The summed E-state index contributed by atoms with van der Waals surface area (Å²) in [7, 11) is -1.05. The number of anilines is 1. The standard InChI is InChI=1S/C24H23NO5S/c1-18-4-15-23(16-5-18)31(27,28)25(20-9-13-22(30-3)14-10-20)24(26)17-8-19-6-11-21(29-2)12-7-19/h4-17H,1-3H3. The lowest BCUT2D eigenvalue weighted by molar-refractivity contribution is -0.113. The van der Waals surface area contributed by atoms with Gasteiger partial charge in [-0.2, -0.15) is 4.31 Å². The highest BCUT2D eigenvalue weighted by Gasteiger charge is 2.29. The lowest BCUT2D eigenvalue weighted by atomic mass is 10.2. The van der Waals surface area contributed by atoms with Crippen molar-refractivity contribution in [1.82, 2.24) is 0 Å². The first-order chi connectivity index (χ1) is 14.8. The van der Waals surface area contributed by atoms with Crippen LogP contribution in [-0.4, -0.2) is 28.5 Å². The molecule has 0 unspecified atom stereocenters. The number of methoxy groups -OCH3 is 2. The molecular formula is C24H23NO5S. The maximum atomic E-state index is 13.4. The van der Waals surface area contributed by atoms with Crippen LogP contribution in [0.1, 0.15) is 11.1 Å². The second kappa shape index (κ2) is 9.49. The minimum Gasteiger partial charge on any atom is -0.497 e. The van der Waals surface area contributed by atoms with Crippen molar-refractivity contribution in [3.05, 3.63) is 90.0 Å². The Morgan fingerprint density at radius 2 is 1.32 bits per heavy atom. The molecule has 0 aromatic heterocycles. The highest BCUT2D eigenvalue weighted by Crippen LogP contribution is 2.27. The summed E-state index contributed by atoms with van der Waals surface area (Å²) in [5.74, 6) is 0.546. The molecule has 3 aromatic rings. The van der Waals surface area contributed by atoms with Crippen molar-refractivity contribution in [2.75, 3.05) is 18.5 Å². The van der Waals surface area contributed by atoms with Gasteiger partial charge in [0.15, 0.2) is 0 Å². The zero-order valence-electron chi connectivity index (χ0n) is 17.5. The number of carbonyl (C=O) groups excluding carboxylic acids is 1. The van der Waals surface area contributed by atoms with E-state index in [9.17, 15) is 13.2 Å². The summed E-state index contributed by atoms with van der Waals surface area (Å²) in [6.45, 7) is 1.86. The second-order valence-corrected chi connectivity index (χ2v) is 8.51. The second-order valence-electron chi connectivity index (χ2n) is 6.73. The Kier molecular flexibility index (Phi) is 6.77. The topological polar surface area (TPSA) is 72.9 Å². The molecule has 0 saturated heterocycles. The van der Waals surface area contributed by atoms with Gasteiger partial charge in [0.1, 0.15) is 11.5 Å². The molecule has 0 heterocycles. The highest BCUT2D eigenvalue weighted by molar-refractivity contribution is 7.93. The number of benzene rings is 3. The van der Waals surface area contributed by atoms with E-state index in [4.69, 9.17) is 9.47 Å². The van der Waals surface area contributed by atoms with Gasteiger partial charge >= 0.3 is 0 Å². The molecule has 7 heteroatoms. The quantitative estimate of drug-likeness (QED) is 0.511. The largest absolute Gasteiger partial charge is 0.497 e. The summed E-state index contributed by atoms with van der Waals surface area (Å²) >= 11 is 0. The molecule has 0 aliphatic heterocycles. The summed E-state index contributed by atoms with van der Waals surface area (Å²) in [5.41, 5.74) is 1.86. The number of sulfonamides is 1. The zero-order valence-corrected chi connectivity index (χ0v) is 18.3. The Bertz CT molecular complexity index is 1170. The van der Waals surface area contributed by atoms with Crippen molar-refractivity contribution in [2.24, 2.45) is 0 Å². The molecule has 0 fully saturated rings. The van der Waals surface area contributed by atoms with E-state index in [-0.39, 0.29) is 10.6 Å². The maximum absolute atomic E-state index is 13.4. The van der Waals surface area contributed by atoms with E-state index in [1.165, 1.54) is 37.5 Å². The highest BCUT2D eigenvalue weighted by atomic mass is 32.2. The van der Waals surface area contributed by atoms with Crippen molar-refractivity contribution in [3.8, 4) is 11.5 Å². The Hall–Kier alpha value is -3.58.